The highest BCUT2D eigenvalue weighted by atomic mass is 16.5. The van der Waals surface area contributed by atoms with E-state index in [4.69, 9.17) is 4.74 Å². The predicted molar refractivity (Wildman–Crippen MR) is 106 cm³/mol. The van der Waals surface area contributed by atoms with Gasteiger partial charge in [-0.15, -0.1) is 0 Å². The summed E-state index contributed by atoms with van der Waals surface area (Å²) in [7, 11) is 0. The highest BCUT2D eigenvalue weighted by molar-refractivity contribution is 5.96. The van der Waals surface area contributed by atoms with Gasteiger partial charge >= 0.3 is 5.97 Å². The molecule has 0 radical (unpaired) electrons. The minimum Gasteiger partial charge on any atom is -0.426 e. The molecule has 0 amide bonds. The van der Waals surface area contributed by atoms with E-state index in [1.807, 2.05) is 78.9 Å². The average molecular weight is 339 g/mol. The van der Waals surface area contributed by atoms with Crippen LogP contribution < -0.4 is 4.74 Å². The Morgan fingerprint density at radius 1 is 0.846 bits per heavy atom. The number of esters is 1. The lowest BCUT2D eigenvalue weighted by molar-refractivity contribution is -0.131. The highest BCUT2D eigenvalue weighted by Crippen LogP contribution is 2.30. The molecule has 0 aliphatic carbocycles. The Kier molecular flexibility index (Phi) is 4.20. The fraction of sp³-hybridized carbons (Fsp3) is 0.0435. The number of benzene rings is 3. The number of carbonyl (C=O) groups is 1. The third-order valence-electron chi connectivity index (χ3n) is 4.23. The Morgan fingerprint density at radius 3 is 2.42 bits per heavy atom. The zero-order valence-electron chi connectivity index (χ0n) is 14.3. The Balaban J connectivity index is 1.81. The van der Waals surface area contributed by atoms with Crippen LogP contribution in [0.15, 0.2) is 72.8 Å². The summed E-state index contributed by atoms with van der Waals surface area (Å²) in [5, 5.41) is 3.23. The van der Waals surface area contributed by atoms with E-state index in [1.54, 1.807) is 0 Å². The van der Waals surface area contributed by atoms with Gasteiger partial charge < -0.3 is 4.74 Å². The second-order valence-electron chi connectivity index (χ2n) is 6.05. The predicted octanol–water partition coefficient (Wildman–Crippen LogP) is 5.48. The van der Waals surface area contributed by atoms with Crippen LogP contribution in [-0.4, -0.2) is 11.0 Å². The van der Waals surface area contributed by atoms with E-state index in [0.717, 1.165) is 32.9 Å². The minimum absolute atomic E-state index is 0.334. The quantitative estimate of drug-likeness (QED) is 0.366. The smallest absolute Gasteiger partial charge is 0.308 e. The van der Waals surface area contributed by atoms with Crippen molar-refractivity contribution in [3.63, 3.8) is 0 Å². The average Bonchev–Trinajstić information content (AvgIpc) is 2.66. The fourth-order valence-corrected chi connectivity index (χ4v) is 3.03. The molecule has 26 heavy (non-hydrogen) atoms. The molecular formula is C23H17NO2. The Morgan fingerprint density at radius 2 is 1.58 bits per heavy atom. The first-order valence-electron chi connectivity index (χ1n) is 8.45. The van der Waals surface area contributed by atoms with Crippen LogP contribution in [0.25, 0.3) is 33.8 Å². The number of ether oxygens (including phenoxy) is 1. The highest BCUT2D eigenvalue weighted by Gasteiger charge is 2.08. The summed E-state index contributed by atoms with van der Waals surface area (Å²) in [5.41, 5.74) is 2.67. The minimum atomic E-state index is -0.334. The van der Waals surface area contributed by atoms with E-state index >= 15 is 0 Å². The molecule has 1 aromatic heterocycles. The fourth-order valence-electron chi connectivity index (χ4n) is 3.03. The van der Waals surface area contributed by atoms with Crippen LogP contribution in [0.1, 0.15) is 18.2 Å². The summed E-state index contributed by atoms with van der Waals surface area (Å²) in [6.07, 6.45) is 3.90. The molecule has 0 aliphatic rings. The monoisotopic (exact) mass is 339 g/mol. The first-order chi connectivity index (χ1) is 12.7. The molecule has 0 bridgehead atoms. The number of carbonyl (C=O) groups excluding carboxylic acids is 1. The van der Waals surface area contributed by atoms with E-state index in [9.17, 15) is 4.79 Å². The molecule has 0 saturated carbocycles. The van der Waals surface area contributed by atoms with Gasteiger partial charge in [0.1, 0.15) is 5.75 Å². The van der Waals surface area contributed by atoms with Crippen molar-refractivity contribution < 1.29 is 9.53 Å². The second-order valence-corrected chi connectivity index (χ2v) is 6.05. The van der Waals surface area contributed by atoms with Gasteiger partial charge in [-0.25, -0.2) is 4.98 Å². The number of hydrogen-bond donors (Lipinski definition) is 0. The summed E-state index contributed by atoms with van der Waals surface area (Å²) >= 11 is 0. The molecule has 0 fully saturated rings. The maximum atomic E-state index is 11.5. The largest absolute Gasteiger partial charge is 0.426 e. The summed E-state index contributed by atoms with van der Waals surface area (Å²) < 4.78 is 5.40. The lowest BCUT2D eigenvalue weighted by atomic mass is 10.0. The number of nitrogens with zero attached hydrogens (tertiary/aromatic N) is 1. The van der Waals surface area contributed by atoms with Gasteiger partial charge in [0.25, 0.3) is 0 Å². The molecule has 3 heteroatoms. The zero-order chi connectivity index (χ0) is 17.9. The van der Waals surface area contributed by atoms with E-state index in [-0.39, 0.29) is 5.97 Å². The number of pyridine rings is 1. The summed E-state index contributed by atoms with van der Waals surface area (Å²) in [6.45, 7) is 1.41. The summed E-state index contributed by atoms with van der Waals surface area (Å²) in [4.78, 5) is 16.1. The first-order valence-corrected chi connectivity index (χ1v) is 8.45. The lowest BCUT2D eigenvalue weighted by Gasteiger charge is -2.09. The van der Waals surface area contributed by atoms with Crippen molar-refractivity contribution in [2.24, 2.45) is 0 Å². The summed E-state index contributed by atoms with van der Waals surface area (Å²) in [6, 6.07) is 23.9. The van der Waals surface area contributed by atoms with E-state index < -0.39 is 0 Å². The van der Waals surface area contributed by atoms with Gasteiger partial charge in [0.2, 0.25) is 0 Å². The normalized spacial score (nSPS) is 11.3. The second kappa shape index (κ2) is 6.81. The van der Waals surface area contributed by atoms with Crippen molar-refractivity contribution in [3.8, 4) is 5.75 Å². The molecule has 0 atom stereocenters. The zero-order valence-corrected chi connectivity index (χ0v) is 14.3. The number of rotatable bonds is 3. The summed E-state index contributed by atoms with van der Waals surface area (Å²) in [5.74, 6) is 0.215. The van der Waals surface area contributed by atoms with Crippen molar-refractivity contribution in [1.29, 1.82) is 0 Å². The molecule has 126 valence electrons. The van der Waals surface area contributed by atoms with Crippen LogP contribution in [0.2, 0.25) is 0 Å². The Hall–Kier alpha value is -3.46. The van der Waals surface area contributed by atoms with E-state index in [0.29, 0.717) is 5.75 Å². The van der Waals surface area contributed by atoms with Crippen LogP contribution in [0.4, 0.5) is 0 Å². The number of para-hydroxylation sites is 1. The lowest BCUT2D eigenvalue weighted by Crippen LogP contribution is -2.02. The van der Waals surface area contributed by atoms with Crippen molar-refractivity contribution in [2.75, 3.05) is 0 Å². The first kappa shape index (κ1) is 16.0. The van der Waals surface area contributed by atoms with Crippen LogP contribution >= 0.6 is 0 Å². The molecule has 4 rings (SSSR count). The number of hydrogen-bond acceptors (Lipinski definition) is 3. The van der Waals surface area contributed by atoms with Crippen molar-refractivity contribution in [2.45, 2.75) is 6.92 Å². The molecule has 0 saturated heterocycles. The van der Waals surface area contributed by atoms with Crippen molar-refractivity contribution >= 4 is 39.8 Å². The third-order valence-corrected chi connectivity index (χ3v) is 4.23. The SMILES string of the molecule is CC(=O)Oc1ccc2ccccc2c1C=Cc1ccc2ccccc2n1. The van der Waals surface area contributed by atoms with Gasteiger partial charge in [0, 0.05) is 17.9 Å². The van der Waals surface area contributed by atoms with Gasteiger partial charge in [-0.05, 0) is 41.1 Å². The van der Waals surface area contributed by atoms with Gasteiger partial charge in [0.15, 0.2) is 0 Å². The number of fused-ring (bicyclic) bond motifs is 2. The van der Waals surface area contributed by atoms with Crippen molar-refractivity contribution in [1.82, 2.24) is 4.98 Å². The molecule has 0 spiro atoms. The third kappa shape index (κ3) is 3.20. The Bertz CT molecular complexity index is 1150. The van der Waals surface area contributed by atoms with Crippen LogP contribution in [0.3, 0.4) is 0 Å². The van der Waals surface area contributed by atoms with Gasteiger partial charge in [-0.1, -0.05) is 54.6 Å². The standard InChI is InChI=1S/C23H17NO2/c1-16(25)26-23-15-11-17-6-2-4-8-20(17)21(23)14-13-19-12-10-18-7-3-5-9-22(18)24-19/h2-15H,1H3. The number of aromatic nitrogens is 1. The van der Waals surface area contributed by atoms with Crippen molar-refractivity contribution in [3.05, 3.63) is 84.1 Å². The molecule has 0 N–H and O–H groups in total. The maximum Gasteiger partial charge on any atom is 0.308 e. The molecular weight excluding hydrogens is 322 g/mol. The molecule has 0 unspecified atom stereocenters. The van der Waals surface area contributed by atoms with Gasteiger partial charge in [0.05, 0.1) is 11.2 Å². The van der Waals surface area contributed by atoms with Crippen LogP contribution in [0, 0.1) is 0 Å². The topological polar surface area (TPSA) is 39.2 Å². The Labute approximate surface area is 151 Å². The van der Waals surface area contributed by atoms with Crippen LogP contribution in [-0.2, 0) is 4.79 Å². The molecule has 3 aromatic carbocycles. The van der Waals surface area contributed by atoms with Gasteiger partial charge in [-0.3, -0.25) is 4.79 Å². The van der Waals surface area contributed by atoms with Gasteiger partial charge in [-0.2, -0.15) is 0 Å². The van der Waals surface area contributed by atoms with Crippen LogP contribution in [0.5, 0.6) is 5.75 Å². The molecule has 1 heterocycles. The molecule has 0 aliphatic heterocycles. The van der Waals surface area contributed by atoms with E-state index in [1.165, 1.54) is 6.92 Å². The molecule has 4 aromatic rings. The molecule has 3 nitrogen and oxygen atoms in total. The van der Waals surface area contributed by atoms with E-state index in [2.05, 4.69) is 11.1 Å². The maximum absolute atomic E-state index is 11.5.